The number of piperidine rings is 1. The molecule has 1 N–H and O–H groups in total. The average Bonchev–Trinajstić information content (AvgIpc) is 2.82. The largest absolute Gasteiger partial charge is 0.307 e. The van der Waals surface area contributed by atoms with Gasteiger partial charge < -0.3 is 5.32 Å². The van der Waals surface area contributed by atoms with Crippen LogP contribution in [0, 0.1) is 5.92 Å². The van der Waals surface area contributed by atoms with Gasteiger partial charge in [-0.15, -0.1) is 10.2 Å². The maximum Gasteiger partial charge on any atom is 0.163 e. The van der Waals surface area contributed by atoms with E-state index in [1.54, 1.807) is 12.5 Å². The van der Waals surface area contributed by atoms with Crippen molar-refractivity contribution in [3.8, 4) is 0 Å². The van der Waals surface area contributed by atoms with Crippen LogP contribution in [0.25, 0.3) is 5.65 Å². The lowest BCUT2D eigenvalue weighted by molar-refractivity contribution is 0.290. The van der Waals surface area contributed by atoms with Crippen molar-refractivity contribution in [1.29, 1.82) is 0 Å². The molecular weight excluding hydrogens is 214 g/mol. The minimum Gasteiger partial charge on any atom is -0.307 e. The van der Waals surface area contributed by atoms with E-state index in [4.69, 9.17) is 0 Å². The Morgan fingerprint density at radius 3 is 3.29 bits per heavy atom. The molecule has 1 fully saturated rings. The van der Waals surface area contributed by atoms with Gasteiger partial charge in [0.05, 0.1) is 6.04 Å². The molecule has 2 aromatic heterocycles. The van der Waals surface area contributed by atoms with Crippen molar-refractivity contribution in [3.05, 3.63) is 24.4 Å². The number of hydrogen-bond donors (Lipinski definition) is 1. The second kappa shape index (κ2) is 4.41. The molecule has 0 radical (unpaired) electrons. The number of hydrogen-bond acceptors (Lipinski definition) is 4. The summed E-state index contributed by atoms with van der Waals surface area (Å²) in [5.74, 6) is 1.79. The molecule has 3 heterocycles. The van der Waals surface area contributed by atoms with Gasteiger partial charge in [0.15, 0.2) is 11.5 Å². The van der Waals surface area contributed by atoms with Crippen molar-refractivity contribution < 1.29 is 0 Å². The second-order valence-electron chi connectivity index (χ2n) is 4.67. The monoisotopic (exact) mass is 231 g/mol. The zero-order valence-corrected chi connectivity index (χ0v) is 10.0. The van der Waals surface area contributed by atoms with Crippen molar-refractivity contribution in [2.24, 2.45) is 5.92 Å². The first-order valence-electron chi connectivity index (χ1n) is 6.26. The minimum absolute atomic E-state index is 0.313. The smallest absolute Gasteiger partial charge is 0.163 e. The Labute approximate surface area is 100 Å². The molecule has 0 spiro atoms. The van der Waals surface area contributed by atoms with Crippen molar-refractivity contribution in [1.82, 2.24) is 24.9 Å². The molecule has 0 aliphatic carbocycles. The Hall–Kier alpha value is -1.49. The normalized spacial score (nSPS) is 25.2. The highest BCUT2D eigenvalue weighted by Crippen LogP contribution is 2.28. The standard InChI is InChI=1S/C12H17N5/c1-2-9-3-6-14-10(7-9)12-16-15-11-4-5-13-8-17(11)12/h4-5,8-10,14H,2-3,6-7H2,1H3. The van der Waals surface area contributed by atoms with E-state index in [-0.39, 0.29) is 0 Å². The van der Waals surface area contributed by atoms with Crippen molar-refractivity contribution in [2.45, 2.75) is 32.2 Å². The number of nitrogens with one attached hydrogen (secondary N) is 1. The van der Waals surface area contributed by atoms with Crippen LogP contribution in [-0.4, -0.2) is 26.1 Å². The Morgan fingerprint density at radius 1 is 1.47 bits per heavy atom. The van der Waals surface area contributed by atoms with Gasteiger partial charge in [0.1, 0.15) is 6.33 Å². The van der Waals surface area contributed by atoms with Gasteiger partial charge in [-0.2, -0.15) is 0 Å². The van der Waals surface area contributed by atoms with E-state index in [9.17, 15) is 0 Å². The third-order valence-corrected chi connectivity index (χ3v) is 3.64. The third kappa shape index (κ3) is 1.91. The highest BCUT2D eigenvalue weighted by atomic mass is 15.3. The second-order valence-corrected chi connectivity index (χ2v) is 4.67. The molecule has 2 unspecified atom stereocenters. The van der Waals surface area contributed by atoms with Crippen LogP contribution in [0.5, 0.6) is 0 Å². The van der Waals surface area contributed by atoms with E-state index < -0.39 is 0 Å². The summed E-state index contributed by atoms with van der Waals surface area (Å²) in [7, 11) is 0. The van der Waals surface area contributed by atoms with Gasteiger partial charge in [-0.3, -0.25) is 4.40 Å². The number of rotatable bonds is 2. The summed E-state index contributed by atoms with van der Waals surface area (Å²) >= 11 is 0. The van der Waals surface area contributed by atoms with Crippen molar-refractivity contribution in [2.75, 3.05) is 6.54 Å². The van der Waals surface area contributed by atoms with Crippen molar-refractivity contribution in [3.63, 3.8) is 0 Å². The summed E-state index contributed by atoms with van der Waals surface area (Å²) in [5.41, 5.74) is 0.871. The SMILES string of the molecule is CCC1CCNC(c2nnc3ccncn23)C1. The zero-order chi connectivity index (χ0) is 11.7. The first kappa shape index (κ1) is 10.7. The molecule has 2 aromatic rings. The van der Waals surface area contributed by atoms with Gasteiger partial charge in [-0.1, -0.05) is 13.3 Å². The van der Waals surface area contributed by atoms with Gasteiger partial charge in [-0.25, -0.2) is 4.98 Å². The van der Waals surface area contributed by atoms with Crippen LogP contribution in [0.3, 0.4) is 0 Å². The van der Waals surface area contributed by atoms with Gasteiger partial charge in [-0.05, 0) is 25.3 Å². The summed E-state index contributed by atoms with van der Waals surface area (Å²) in [6.07, 6.45) is 7.19. The topological polar surface area (TPSA) is 55.1 Å². The fourth-order valence-electron chi connectivity index (χ4n) is 2.56. The van der Waals surface area contributed by atoms with E-state index in [1.165, 1.54) is 12.8 Å². The molecule has 3 rings (SSSR count). The van der Waals surface area contributed by atoms with Gasteiger partial charge in [0, 0.05) is 12.3 Å². The first-order chi connectivity index (χ1) is 8.38. The quantitative estimate of drug-likeness (QED) is 0.852. The number of fused-ring (bicyclic) bond motifs is 1. The van der Waals surface area contributed by atoms with Crippen LogP contribution in [0.4, 0.5) is 0 Å². The molecule has 90 valence electrons. The van der Waals surface area contributed by atoms with Gasteiger partial charge in [0.2, 0.25) is 0 Å². The van der Waals surface area contributed by atoms with Gasteiger partial charge in [0.25, 0.3) is 0 Å². The summed E-state index contributed by atoms with van der Waals surface area (Å²) < 4.78 is 1.98. The van der Waals surface area contributed by atoms with E-state index in [0.29, 0.717) is 6.04 Å². The Balaban J connectivity index is 1.92. The fourth-order valence-corrected chi connectivity index (χ4v) is 2.56. The molecule has 1 aliphatic heterocycles. The van der Waals surface area contributed by atoms with Crippen LogP contribution in [0.2, 0.25) is 0 Å². The molecule has 2 atom stereocenters. The highest BCUT2D eigenvalue weighted by Gasteiger charge is 2.25. The number of nitrogens with zero attached hydrogens (tertiary/aromatic N) is 4. The summed E-state index contributed by atoms with van der Waals surface area (Å²) in [6, 6.07) is 2.20. The molecule has 0 bridgehead atoms. The third-order valence-electron chi connectivity index (χ3n) is 3.64. The molecule has 1 aliphatic rings. The molecule has 0 saturated carbocycles. The lowest BCUT2D eigenvalue weighted by Crippen LogP contribution is -2.32. The van der Waals surface area contributed by atoms with Crippen LogP contribution >= 0.6 is 0 Å². The van der Waals surface area contributed by atoms with Crippen LogP contribution in [-0.2, 0) is 0 Å². The Kier molecular flexibility index (Phi) is 2.76. The lowest BCUT2D eigenvalue weighted by Gasteiger charge is -2.28. The van der Waals surface area contributed by atoms with Crippen LogP contribution in [0.1, 0.15) is 38.1 Å². The maximum atomic E-state index is 4.30. The molecule has 17 heavy (non-hydrogen) atoms. The molecule has 5 heteroatoms. The lowest BCUT2D eigenvalue weighted by atomic mass is 9.90. The molecule has 5 nitrogen and oxygen atoms in total. The average molecular weight is 231 g/mol. The highest BCUT2D eigenvalue weighted by molar-refractivity contribution is 5.35. The van der Waals surface area contributed by atoms with E-state index >= 15 is 0 Å². The molecular formula is C12H17N5. The molecule has 0 aromatic carbocycles. The van der Waals surface area contributed by atoms with Crippen LogP contribution < -0.4 is 5.32 Å². The van der Waals surface area contributed by atoms with E-state index in [2.05, 4.69) is 27.4 Å². The summed E-state index contributed by atoms with van der Waals surface area (Å²) in [4.78, 5) is 4.13. The Bertz CT molecular complexity index is 506. The molecule has 0 amide bonds. The van der Waals surface area contributed by atoms with E-state index in [0.717, 1.165) is 30.4 Å². The predicted molar refractivity (Wildman–Crippen MR) is 64.5 cm³/mol. The van der Waals surface area contributed by atoms with Gasteiger partial charge >= 0.3 is 0 Å². The maximum absolute atomic E-state index is 4.30. The fraction of sp³-hybridized carbons (Fsp3) is 0.583. The minimum atomic E-state index is 0.313. The van der Waals surface area contributed by atoms with Crippen molar-refractivity contribution >= 4 is 5.65 Å². The predicted octanol–water partition coefficient (Wildman–Crippen LogP) is 1.58. The first-order valence-corrected chi connectivity index (χ1v) is 6.26. The van der Waals surface area contributed by atoms with Crippen LogP contribution in [0.15, 0.2) is 18.6 Å². The Morgan fingerprint density at radius 2 is 2.41 bits per heavy atom. The molecule has 1 saturated heterocycles. The number of aromatic nitrogens is 4. The summed E-state index contributed by atoms with van der Waals surface area (Å²) in [5, 5.41) is 12.0. The summed E-state index contributed by atoms with van der Waals surface area (Å²) in [6.45, 7) is 3.33. The van der Waals surface area contributed by atoms with E-state index in [1.807, 2.05) is 10.5 Å². The zero-order valence-electron chi connectivity index (χ0n) is 10.0.